The van der Waals surface area contributed by atoms with Gasteiger partial charge in [0, 0.05) is 25.5 Å². The van der Waals surface area contributed by atoms with Crippen molar-refractivity contribution in [1.82, 2.24) is 13.6 Å². The van der Waals surface area contributed by atoms with Crippen molar-refractivity contribution in [2.45, 2.75) is 26.3 Å². The average Bonchev–Trinajstić information content (AvgIpc) is 2.82. The smallest absolute Gasteiger partial charge is 0.248 e. The predicted octanol–water partition coefficient (Wildman–Crippen LogP) is 1.55. The standard InChI is InChI=1S/C11H19N3O2S2/c1-10-3-5-14(6-4-10)18(15,16)13(2)7-11-8-17-9-12-11/h8-10H,3-7H2,1-2H3. The van der Waals surface area contributed by atoms with Crippen LogP contribution in [0, 0.1) is 5.92 Å². The number of thiazole rings is 1. The van der Waals surface area contributed by atoms with Crippen molar-refractivity contribution in [2.24, 2.45) is 5.92 Å². The van der Waals surface area contributed by atoms with Gasteiger partial charge in [-0.3, -0.25) is 0 Å². The van der Waals surface area contributed by atoms with E-state index in [0.29, 0.717) is 25.6 Å². The lowest BCUT2D eigenvalue weighted by Crippen LogP contribution is -2.45. The Kier molecular flexibility index (Phi) is 4.37. The Bertz CT molecular complexity index is 464. The van der Waals surface area contributed by atoms with Crippen molar-refractivity contribution in [2.75, 3.05) is 20.1 Å². The van der Waals surface area contributed by atoms with Gasteiger partial charge in [0.05, 0.1) is 17.7 Å². The molecule has 0 radical (unpaired) electrons. The third-order valence-electron chi connectivity index (χ3n) is 3.33. The molecule has 1 saturated heterocycles. The molecule has 1 aromatic rings. The van der Waals surface area contributed by atoms with E-state index in [0.717, 1.165) is 18.5 Å². The number of piperidine rings is 1. The van der Waals surface area contributed by atoms with Crippen LogP contribution in [-0.4, -0.2) is 42.1 Å². The number of nitrogens with zero attached hydrogens (tertiary/aromatic N) is 3. The Morgan fingerprint density at radius 1 is 1.50 bits per heavy atom. The first-order chi connectivity index (χ1) is 8.50. The SMILES string of the molecule is CC1CCN(S(=O)(=O)N(C)Cc2cscn2)CC1. The first-order valence-corrected chi connectivity index (χ1v) is 8.42. The van der Waals surface area contributed by atoms with Gasteiger partial charge in [-0.1, -0.05) is 6.92 Å². The van der Waals surface area contributed by atoms with E-state index in [-0.39, 0.29) is 0 Å². The molecule has 0 aromatic carbocycles. The fourth-order valence-electron chi connectivity index (χ4n) is 2.04. The summed E-state index contributed by atoms with van der Waals surface area (Å²) in [5.74, 6) is 0.625. The normalized spacial score (nSPS) is 19.5. The second-order valence-corrected chi connectivity index (χ2v) is 7.58. The zero-order valence-corrected chi connectivity index (χ0v) is 12.4. The molecule has 18 heavy (non-hydrogen) atoms. The van der Waals surface area contributed by atoms with Gasteiger partial charge in [0.2, 0.25) is 0 Å². The number of hydrogen-bond donors (Lipinski definition) is 0. The highest BCUT2D eigenvalue weighted by Crippen LogP contribution is 2.21. The molecule has 5 nitrogen and oxygen atoms in total. The molecule has 2 rings (SSSR count). The minimum atomic E-state index is -3.33. The quantitative estimate of drug-likeness (QED) is 0.845. The molecule has 0 spiro atoms. The van der Waals surface area contributed by atoms with Gasteiger partial charge in [0.25, 0.3) is 10.2 Å². The summed E-state index contributed by atoms with van der Waals surface area (Å²) in [6, 6.07) is 0. The molecule has 1 aromatic heterocycles. The maximum Gasteiger partial charge on any atom is 0.282 e. The Morgan fingerprint density at radius 3 is 2.72 bits per heavy atom. The van der Waals surface area contributed by atoms with Crippen molar-refractivity contribution in [3.63, 3.8) is 0 Å². The van der Waals surface area contributed by atoms with Crippen LogP contribution in [-0.2, 0) is 16.8 Å². The minimum absolute atomic E-state index is 0.345. The van der Waals surface area contributed by atoms with E-state index in [2.05, 4.69) is 11.9 Å². The molecule has 7 heteroatoms. The van der Waals surface area contributed by atoms with E-state index in [1.807, 2.05) is 5.38 Å². The third kappa shape index (κ3) is 3.09. The van der Waals surface area contributed by atoms with Crippen LogP contribution in [0.25, 0.3) is 0 Å². The third-order valence-corrected chi connectivity index (χ3v) is 5.90. The van der Waals surface area contributed by atoms with Gasteiger partial charge in [-0.05, 0) is 18.8 Å². The van der Waals surface area contributed by atoms with Crippen LogP contribution in [0.2, 0.25) is 0 Å². The Hall–Kier alpha value is -0.500. The van der Waals surface area contributed by atoms with Crippen LogP contribution >= 0.6 is 11.3 Å². The Morgan fingerprint density at radius 2 is 2.17 bits per heavy atom. The van der Waals surface area contributed by atoms with Crippen LogP contribution in [0.5, 0.6) is 0 Å². The topological polar surface area (TPSA) is 53.5 Å². The number of rotatable bonds is 4. The lowest BCUT2D eigenvalue weighted by Gasteiger charge is -2.32. The van der Waals surface area contributed by atoms with Crippen molar-refractivity contribution >= 4 is 21.5 Å². The van der Waals surface area contributed by atoms with Crippen LogP contribution in [0.3, 0.4) is 0 Å². The summed E-state index contributed by atoms with van der Waals surface area (Å²) in [5, 5.41) is 1.88. The minimum Gasteiger partial charge on any atom is -0.248 e. The van der Waals surface area contributed by atoms with E-state index < -0.39 is 10.2 Å². The van der Waals surface area contributed by atoms with Gasteiger partial charge >= 0.3 is 0 Å². The zero-order valence-electron chi connectivity index (χ0n) is 10.7. The van der Waals surface area contributed by atoms with Gasteiger partial charge in [0.15, 0.2) is 0 Å². The molecule has 1 aliphatic rings. The summed E-state index contributed by atoms with van der Waals surface area (Å²) in [4.78, 5) is 4.12. The average molecular weight is 289 g/mol. The second-order valence-electron chi connectivity index (χ2n) is 4.83. The van der Waals surface area contributed by atoms with Gasteiger partial charge in [0.1, 0.15) is 0 Å². The van der Waals surface area contributed by atoms with E-state index in [9.17, 15) is 8.42 Å². The Labute approximate surface area is 113 Å². The first kappa shape index (κ1) is 13.9. The summed E-state index contributed by atoms with van der Waals surface area (Å²) in [6.45, 7) is 3.77. The summed E-state index contributed by atoms with van der Waals surface area (Å²) in [5.41, 5.74) is 2.52. The molecule has 1 fully saturated rings. The van der Waals surface area contributed by atoms with Crippen molar-refractivity contribution < 1.29 is 8.42 Å². The second kappa shape index (κ2) is 5.64. The molecular formula is C11H19N3O2S2. The molecular weight excluding hydrogens is 270 g/mol. The molecule has 0 bridgehead atoms. The largest absolute Gasteiger partial charge is 0.282 e. The van der Waals surface area contributed by atoms with Crippen molar-refractivity contribution in [3.8, 4) is 0 Å². The lowest BCUT2D eigenvalue weighted by molar-refractivity contribution is 0.269. The zero-order chi connectivity index (χ0) is 13.2. The van der Waals surface area contributed by atoms with Crippen molar-refractivity contribution in [1.29, 1.82) is 0 Å². The summed E-state index contributed by atoms with van der Waals surface area (Å²) in [7, 11) is -1.71. The number of aromatic nitrogens is 1. The van der Waals surface area contributed by atoms with Gasteiger partial charge in [-0.15, -0.1) is 11.3 Å². The molecule has 2 heterocycles. The maximum absolute atomic E-state index is 12.3. The monoisotopic (exact) mass is 289 g/mol. The Balaban J connectivity index is 2.01. The highest BCUT2D eigenvalue weighted by molar-refractivity contribution is 7.86. The maximum atomic E-state index is 12.3. The van der Waals surface area contributed by atoms with Gasteiger partial charge in [-0.25, -0.2) is 4.98 Å². The highest BCUT2D eigenvalue weighted by Gasteiger charge is 2.30. The molecule has 0 aliphatic carbocycles. The summed E-state index contributed by atoms with van der Waals surface area (Å²) >= 11 is 1.48. The molecule has 102 valence electrons. The number of hydrogen-bond acceptors (Lipinski definition) is 4. The highest BCUT2D eigenvalue weighted by atomic mass is 32.2. The lowest BCUT2D eigenvalue weighted by atomic mass is 10.0. The van der Waals surface area contributed by atoms with Crippen LogP contribution in [0.1, 0.15) is 25.5 Å². The molecule has 0 amide bonds. The van der Waals surface area contributed by atoms with Crippen LogP contribution in [0.4, 0.5) is 0 Å². The van der Waals surface area contributed by atoms with E-state index in [1.54, 1.807) is 16.9 Å². The van der Waals surface area contributed by atoms with Crippen LogP contribution in [0.15, 0.2) is 10.9 Å². The summed E-state index contributed by atoms with van der Waals surface area (Å²) in [6.07, 6.45) is 1.90. The van der Waals surface area contributed by atoms with E-state index in [1.165, 1.54) is 15.6 Å². The van der Waals surface area contributed by atoms with Gasteiger partial charge < -0.3 is 0 Å². The fraction of sp³-hybridized carbons (Fsp3) is 0.727. The molecule has 0 unspecified atom stereocenters. The van der Waals surface area contributed by atoms with Crippen LogP contribution < -0.4 is 0 Å². The molecule has 0 atom stereocenters. The fourth-order valence-corrected chi connectivity index (χ4v) is 3.95. The molecule has 1 aliphatic heterocycles. The molecule has 0 N–H and O–H groups in total. The summed E-state index contributed by atoms with van der Waals surface area (Å²) < 4.78 is 27.7. The predicted molar refractivity (Wildman–Crippen MR) is 72.5 cm³/mol. The van der Waals surface area contributed by atoms with Crippen molar-refractivity contribution in [3.05, 3.63) is 16.6 Å². The van der Waals surface area contributed by atoms with E-state index in [4.69, 9.17) is 0 Å². The first-order valence-electron chi connectivity index (χ1n) is 6.08. The molecule has 0 saturated carbocycles. The van der Waals surface area contributed by atoms with Gasteiger partial charge in [-0.2, -0.15) is 17.0 Å². The van der Waals surface area contributed by atoms with E-state index >= 15 is 0 Å².